The molecule has 0 saturated heterocycles. The Kier molecular flexibility index (Phi) is 5.19. The van der Waals surface area contributed by atoms with Crippen molar-refractivity contribution in [3.8, 4) is 0 Å². The van der Waals surface area contributed by atoms with Crippen molar-refractivity contribution in [3.63, 3.8) is 0 Å². The molecule has 0 spiro atoms. The number of hydrogen-bond donors (Lipinski definition) is 1. The normalized spacial score (nSPS) is 22.8. The maximum atomic E-state index is 13.0. The fraction of sp³-hybridized carbons (Fsp3) is 0.533. The number of ether oxygens (including phenoxy) is 1. The summed E-state index contributed by atoms with van der Waals surface area (Å²) in [7, 11) is 0. The molecule has 0 bridgehead atoms. The molecule has 1 amide bonds. The summed E-state index contributed by atoms with van der Waals surface area (Å²) in [6.45, 7) is 0.865. The Labute approximate surface area is 113 Å². The molecule has 1 aromatic rings. The van der Waals surface area contributed by atoms with E-state index in [0.717, 1.165) is 18.4 Å². The van der Waals surface area contributed by atoms with Gasteiger partial charge in [0.15, 0.2) is 0 Å². The van der Waals surface area contributed by atoms with Crippen molar-refractivity contribution < 1.29 is 13.9 Å². The van der Waals surface area contributed by atoms with Gasteiger partial charge in [0.2, 0.25) is 0 Å². The van der Waals surface area contributed by atoms with Crippen LogP contribution in [0.2, 0.25) is 0 Å². The third-order valence-electron chi connectivity index (χ3n) is 3.52. The molecule has 1 aliphatic carbocycles. The van der Waals surface area contributed by atoms with Gasteiger partial charge in [0.1, 0.15) is 12.8 Å². The third-order valence-corrected chi connectivity index (χ3v) is 3.52. The molecule has 1 aliphatic rings. The standard InChI is InChI=1S/C15H20FNO2/c16-14-8-6-12(7-9-14)10-17-15(18)19-11-13-4-2-1-3-5-13/h1-5,12,14H,6-11H2,(H,17,18). The Morgan fingerprint density at radius 1 is 1.21 bits per heavy atom. The lowest BCUT2D eigenvalue weighted by molar-refractivity contribution is 0.134. The first-order valence-corrected chi connectivity index (χ1v) is 6.82. The molecule has 0 aromatic heterocycles. The van der Waals surface area contributed by atoms with Gasteiger partial charge in [-0.3, -0.25) is 0 Å². The van der Waals surface area contributed by atoms with Crippen molar-refractivity contribution in [1.82, 2.24) is 5.32 Å². The molecule has 0 radical (unpaired) electrons. The van der Waals surface area contributed by atoms with Gasteiger partial charge in [-0.25, -0.2) is 9.18 Å². The molecule has 1 N–H and O–H groups in total. The SMILES string of the molecule is O=C(NCC1CCC(F)CC1)OCc1ccccc1. The number of carbonyl (C=O) groups excluding carboxylic acids is 1. The van der Waals surface area contributed by atoms with Crippen molar-refractivity contribution >= 4 is 6.09 Å². The molecule has 1 saturated carbocycles. The number of alkyl carbamates (subject to hydrolysis) is 1. The Morgan fingerprint density at radius 2 is 1.89 bits per heavy atom. The molecule has 0 unspecified atom stereocenters. The Hall–Kier alpha value is -1.58. The summed E-state index contributed by atoms with van der Waals surface area (Å²) in [4.78, 5) is 11.5. The monoisotopic (exact) mass is 265 g/mol. The van der Waals surface area contributed by atoms with Crippen LogP contribution in [0.4, 0.5) is 9.18 Å². The summed E-state index contributed by atoms with van der Waals surface area (Å²) >= 11 is 0. The average Bonchev–Trinajstić information content (AvgIpc) is 2.45. The molecule has 0 atom stereocenters. The molecule has 0 aliphatic heterocycles. The average molecular weight is 265 g/mol. The molecule has 1 aromatic carbocycles. The highest BCUT2D eigenvalue weighted by molar-refractivity contribution is 5.67. The minimum atomic E-state index is -0.652. The van der Waals surface area contributed by atoms with Crippen molar-refractivity contribution in [1.29, 1.82) is 0 Å². The van der Waals surface area contributed by atoms with Gasteiger partial charge in [-0.1, -0.05) is 30.3 Å². The van der Waals surface area contributed by atoms with Crippen molar-refractivity contribution in [3.05, 3.63) is 35.9 Å². The van der Waals surface area contributed by atoms with Crippen LogP contribution in [0.3, 0.4) is 0 Å². The van der Waals surface area contributed by atoms with Crippen molar-refractivity contribution in [2.75, 3.05) is 6.54 Å². The van der Waals surface area contributed by atoms with Gasteiger partial charge in [0, 0.05) is 6.54 Å². The van der Waals surface area contributed by atoms with Crippen molar-refractivity contribution in [2.45, 2.75) is 38.5 Å². The zero-order chi connectivity index (χ0) is 13.5. The first kappa shape index (κ1) is 13.8. The second kappa shape index (κ2) is 7.12. The molecule has 2 rings (SSSR count). The van der Waals surface area contributed by atoms with E-state index in [1.54, 1.807) is 0 Å². The largest absolute Gasteiger partial charge is 0.445 e. The molecule has 0 heterocycles. The molecular weight excluding hydrogens is 245 g/mol. The minimum Gasteiger partial charge on any atom is -0.445 e. The number of halogens is 1. The zero-order valence-corrected chi connectivity index (χ0v) is 11.0. The molecular formula is C15H20FNO2. The van der Waals surface area contributed by atoms with E-state index in [1.807, 2.05) is 30.3 Å². The topological polar surface area (TPSA) is 38.3 Å². The number of amides is 1. The second-order valence-corrected chi connectivity index (χ2v) is 5.06. The molecule has 19 heavy (non-hydrogen) atoms. The lowest BCUT2D eigenvalue weighted by atomic mass is 9.88. The lowest BCUT2D eigenvalue weighted by Crippen LogP contribution is -2.31. The summed E-state index contributed by atoms with van der Waals surface area (Å²) in [5.41, 5.74) is 0.968. The zero-order valence-electron chi connectivity index (χ0n) is 11.0. The Bertz CT molecular complexity index is 388. The maximum absolute atomic E-state index is 13.0. The van der Waals surface area contributed by atoms with Gasteiger partial charge < -0.3 is 10.1 Å². The van der Waals surface area contributed by atoms with Crippen LogP contribution in [-0.2, 0) is 11.3 Å². The van der Waals surface area contributed by atoms with Crippen LogP contribution in [-0.4, -0.2) is 18.8 Å². The Balaban J connectivity index is 1.62. The van der Waals surface area contributed by atoms with Gasteiger partial charge in [-0.05, 0) is 37.2 Å². The summed E-state index contributed by atoms with van der Waals surface area (Å²) in [6, 6.07) is 9.56. The summed E-state index contributed by atoms with van der Waals surface area (Å²) < 4.78 is 18.1. The molecule has 4 heteroatoms. The van der Waals surface area contributed by atoms with Gasteiger partial charge in [-0.2, -0.15) is 0 Å². The number of nitrogens with one attached hydrogen (secondary N) is 1. The van der Waals surface area contributed by atoms with Crippen LogP contribution in [0.15, 0.2) is 30.3 Å². The van der Waals surface area contributed by atoms with E-state index in [-0.39, 0.29) is 6.61 Å². The van der Waals surface area contributed by atoms with E-state index in [9.17, 15) is 9.18 Å². The van der Waals surface area contributed by atoms with Gasteiger partial charge >= 0.3 is 6.09 Å². The quantitative estimate of drug-likeness (QED) is 0.905. The van der Waals surface area contributed by atoms with Gasteiger partial charge in [0.25, 0.3) is 0 Å². The molecule has 3 nitrogen and oxygen atoms in total. The highest BCUT2D eigenvalue weighted by Gasteiger charge is 2.20. The van der Waals surface area contributed by atoms with Crippen LogP contribution >= 0.6 is 0 Å². The molecule has 1 fully saturated rings. The van der Waals surface area contributed by atoms with Gasteiger partial charge in [0.05, 0.1) is 0 Å². The van der Waals surface area contributed by atoms with E-state index in [0.29, 0.717) is 25.3 Å². The van der Waals surface area contributed by atoms with Crippen LogP contribution in [0.5, 0.6) is 0 Å². The lowest BCUT2D eigenvalue weighted by Gasteiger charge is -2.24. The highest BCUT2D eigenvalue weighted by atomic mass is 19.1. The van der Waals surface area contributed by atoms with Crippen molar-refractivity contribution in [2.24, 2.45) is 5.92 Å². The third kappa shape index (κ3) is 4.89. The number of carbonyl (C=O) groups is 1. The minimum absolute atomic E-state index is 0.282. The van der Waals surface area contributed by atoms with E-state index in [1.165, 1.54) is 0 Å². The molecule has 104 valence electrons. The predicted octanol–water partition coefficient (Wildman–Crippen LogP) is 3.44. The van der Waals surface area contributed by atoms with Crippen LogP contribution in [0.1, 0.15) is 31.2 Å². The first-order chi connectivity index (χ1) is 9.24. The van der Waals surface area contributed by atoms with Gasteiger partial charge in [-0.15, -0.1) is 0 Å². The maximum Gasteiger partial charge on any atom is 0.407 e. The number of rotatable bonds is 4. The highest BCUT2D eigenvalue weighted by Crippen LogP contribution is 2.25. The summed E-state index contributed by atoms with van der Waals surface area (Å²) in [6.07, 6.45) is 1.88. The van der Waals surface area contributed by atoms with Crippen LogP contribution in [0.25, 0.3) is 0 Å². The number of alkyl halides is 1. The van der Waals surface area contributed by atoms with E-state index < -0.39 is 12.3 Å². The first-order valence-electron chi connectivity index (χ1n) is 6.82. The fourth-order valence-corrected chi connectivity index (χ4v) is 2.33. The summed E-state index contributed by atoms with van der Waals surface area (Å²) in [5.74, 6) is 0.385. The van der Waals surface area contributed by atoms with Crippen LogP contribution < -0.4 is 5.32 Å². The second-order valence-electron chi connectivity index (χ2n) is 5.06. The smallest absolute Gasteiger partial charge is 0.407 e. The number of benzene rings is 1. The van der Waals surface area contributed by atoms with E-state index >= 15 is 0 Å². The summed E-state index contributed by atoms with van der Waals surface area (Å²) in [5, 5.41) is 2.75. The van der Waals surface area contributed by atoms with Crippen LogP contribution in [0, 0.1) is 5.92 Å². The predicted molar refractivity (Wildman–Crippen MR) is 71.5 cm³/mol. The Morgan fingerprint density at radius 3 is 2.58 bits per heavy atom. The number of hydrogen-bond acceptors (Lipinski definition) is 2. The fourth-order valence-electron chi connectivity index (χ4n) is 2.33. The van der Waals surface area contributed by atoms with E-state index in [4.69, 9.17) is 4.74 Å². The van der Waals surface area contributed by atoms with E-state index in [2.05, 4.69) is 5.32 Å².